The minimum Gasteiger partial charge on any atom is -0.496 e. The van der Waals surface area contributed by atoms with Gasteiger partial charge in [-0.1, -0.05) is 36.4 Å². The number of nitrogens with zero attached hydrogens (tertiary/aromatic N) is 1. The van der Waals surface area contributed by atoms with Crippen LogP contribution >= 0.6 is 0 Å². The Morgan fingerprint density at radius 3 is 2.21 bits per heavy atom. The summed E-state index contributed by atoms with van der Waals surface area (Å²) in [6.45, 7) is 0. The minimum absolute atomic E-state index is 0.0578. The highest BCUT2D eigenvalue weighted by Crippen LogP contribution is 2.31. The number of primary sulfonamides is 1. The number of carbonyl (C=O) groups excluding carboxylic acids is 2. The molecule has 9 heteroatoms. The topological polar surface area (TPSA) is 119 Å². The monoisotopic (exact) mass is 463 g/mol. The van der Waals surface area contributed by atoms with Gasteiger partial charge in [-0.05, 0) is 48.5 Å². The lowest BCUT2D eigenvalue weighted by atomic mass is 10.0. The summed E-state index contributed by atoms with van der Waals surface area (Å²) in [7, 11) is -2.33. The Morgan fingerprint density at radius 2 is 1.58 bits per heavy atom. The second-order valence-electron chi connectivity index (χ2n) is 7.30. The van der Waals surface area contributed by atoms with Crippen LogP contribution in [0.15, 0.2) is 89.3 Å². The number of nitrogens with two attached hydrogens (primary N) is 1. The highest BCUT2D eigenvalue weighted by molar-refractivity contribution is 7.89. The van der Waals surface area contributed by atoms with E-state index in [9.17, 15) is 18.0 Å². The smallest absolute Gasteiger partial charge is 0.263 e. The average molecular weight is 464 g/mol. The molecule has 0 aliphatic carbocycles. The van der Waals surface area contributed by atoms with E-state index >= 15 is 0 Å². The lowest BCUT2D eigenvalue weighted by Gasteiger charge is -2.16. The minimum atomic E-state index is -3.85. The van der Waals surface area contributed by atoms with Crippen LogP contribution in [0.5, 0.6) is 5.75 Å². The van der Waals surface area contributed by atoms with E-state index in [1.807, 2.05) is 6.07 Å². The molecule has 0 radical (unpaired) electrons. The number of carbonyl (C=O) groups is 2. The number of imide groups is 1. The third-order valence-corrected chi connectivity index (χ3v) is 6.12. The van der Waals surface area contributed by atoms with Gasteiger partial charge in [0.1, 0.15) is 11.8 Å². The zero-order valence-electron chi connectivity index (χ0n) is 17.6. The van der Waals surface area contributed by atoms with Gasteiger partial charge in [-0.3, -0.25) is 9.59 Å². The molecule has 1 saturated heterocycles. The molecule has 8 nitrogen and oxygen atoms in total. The molecule has 0 saturated carbocycles. The van der Waals surface area contributed by atoms with E-state index in [0.29, 0.717) is 22.7 Å². The van der Waals surface area contributed by atoms with Gasteiger partial charge in [0, 0.05) is 11.3 Å². The number of nitrogens with one attached hydrogen (secondary N) is 1. The maximum absolute atomic E-state index is 13.4. The van der Waals surface area contributed by atoms with Crippen LogP contribution in [0, 0.1) is 0 Å². The average Bonchev–Trinajstić information content (AvgIpc) is 3.03. The van der Waals surface area contributed by atoms with E-state index in [0.717, 1.165) is 4.90 Å². The standard InChI is InChI=1S/C24H21N3O5S/c1-32-21-10-6-5-7-16(21)15-20-22(26-17-11-13-19(14-12-17)33(25,30)31)24(29)27(23(20)28)18-8-3-2-4-9-18/h2-15,22,26H,1H3,(H2,25,30,31). The first-order chi connectivity index (χ1) is 15.8. The van der Waals surface area contributed by atoms with Crippen molar-refractivity contribution in [1.29, 1.82) is 0 Å². The Hall–Kier alpha value is -3.95. The van der Waals surface area contributed by atoms with Gasteiger partial charge in [-0.2, -0.15) is 0 Å². The number of anilines is 2. The van der Waals surface area contributed by atoms with Crippen LogP contribution in [-0.4, -0.2) is 33.4 Å². The maximum atomic E-state index is 13.4. The molecule has 1 heterocycles. The van der Waals surface area contributed by atoms with Gasteiger partial charge in [-0.15, -0.1) is 0 Å². The molecular weight excluding hydrogens is 442 g/mol. The Bertz CT molecular complexity index is 1340. The zero-order valence-corrected chi connectivity index (χ0v) is 18.5. The summed E-state index contributed by atoms with van der Waals surface area (Å²) >= 11 is 0. The van der Waals surface area contributed by atoms with Crippen molar-refractivity contribution in [3.05, 3.63) is 90.0 Å². The van der Waals surface area contributed by atoms with Crippen LogP contribution in [0.4, 0.5) is 11.4 Å². The van der Waals surface area contributed by atoms with Crippen LogP contribution in [-0.2, 0) is 19.6 Å². The zero-order chi connectivity index (χ0) is 23.6. The molecule has 3 N–H and O–H groups in total. The Morgan fingerprint density at radius 1 is 0.939 bits per heavy atom. The Kier molecular flexibility index (Phi) is 5.99. The fourth-order valence-corrected chi connectivity index (χ4v) is 4.10. The largest absolute Gasteiger partial charge is 0.496 e. The molecule has 1 unspecified atom stereocenters. The summed E-state index contributed by atoms with van der Waals surface area (Å²) in [5.41, 5.74) is 1.77. The molecule has 1 atom stereocenters. The molecule has 0 bridgehead atoms. The molecule has 3 aromatic rings. The third-order valence-electron chi connectivity index (χ3n) is 5.19. The van der Waals surface area contributed by atoms with E-state index in [1.54, 1.807) is 54.6 Å². The molecule has 0 spiro atoms. The van der Waals surface area contributed by atoms with E-state index in [-0.39, 0.29) is 10.5 Å². The summed E-state index contributed by atoms with van der Waals surface area (Å²) in [4.78, 5) is 27.8. The number of amides is 2. The maximum Gasteiger partial charge on any atom is 0.263 e. The number of methoxy groups -OCH3 is 1. The first-order valence-corrected chi connectivity index (χ1v) is 11.5. The number of ether oxygens (including phenoxy) is 1. The van der Waals surface area contributed by atoms with Crippen molar-refractivity contribution in [1.82, 2.24) is 0 Å². The first-order valence-electron chi connectivity index (χ1n) is 9.97. The van der Waals surface area contributed by atoms with E-state index < -0.39 is 27.9 Å². The molecule has 33 heavy (non-hydrogen) atoms. The van der Waals surface area contributed by atoms with Gasteiger partial charge < -0.3 is 10.1 Å². The van der Waals surface area contributed by atoms with Crippen LogP contribution in [0.2, 0.25) is 0 Å². The predicted octanol–water partition coefficient (Wildman–Crippen LogP) is 2.78. The number of hydrogen-bond acceptors (Lipinski definition) is 6. The Labute approximate surface area is 191 Å². The third kappa shape index (κ3) is 4.50. The van der Waals surface area contributed by atoms with Crippen molar-refractivity contribution in [2.24, 2.45) is 5.14 Å². The SMILES string of the molecule is COc1ccccc1C=C1C(=O)N(c2ccccc2)C(=O)C1Nc1ccc(S(N)(=O)=O)cc1. The molecule has 0 aromatic heterocycles. The molecule has 1 aliphatic rings. The van der Waals surface area contributed by atoms with E-state index in [1.165, 1.54) is 31.4 Å². The summed E-state index contributed by atoms with van der Waals surface area (Å²) in [6, 6.07) is 20.4. The molecule has 2 amide bonds. The number of benzene rings is 3. The lowest BCUT2D eigenvalue weighted by Crippen LogP contribution is -2.34. The number of hydrogen-bond donors (Lipinski definition) is 2. The van der Waals surface area contributed by atoms with E-state index in [4.69, 9.17) is 9.88 Å². The number of rotatable bonds is 6. The van der Waals surface area contributed by atoms with Gasteiger partial charge >= 0.3 is 0 Å². The fraction of sp³-hybridized carbons (Fsp3) is 0.0833. The van der Waals surface area contributed by atoms with Crippen molar-refractivity contribution in [3.63, 3.8) is 0 Å². The van der Waals surface area contributed by atoms with Crippen molar-refractivity contribution in [2.45, 2.75) is 10.9 Å². The van der Waals surface area contributed by atoms with Gasteiger partial charge in [0.15, 0.2) is 0 Å². The van der Waals surface area contributed by atoms with Crippen LogP contribution < -0.4 is 20.1 Å². The van der Waals surface area contributed by atoms with Gasteiger partial charge in [-0.25, -0.2) is 18.5 Å². The summed E-state index contributed by atoms with van der Waals surface area (Å²) < 4.78 is 28.4. The molecule has 168 valence electrons. The van der Waals surface area contributed by atoms with Crippen molar-refractivity contribution < 1.29 is 22.7 Å². The van der Waals surface area contributed by atoms with Crippen LogP contribution in [0.3, 0.4) is 0 Å². The van der Waals surface area contributed by atoms with Gasteiger partial charge in [0.2, 0.25) is 10.0 Å². The molecule has 1 fully saturated rings. The predicted molar refractivity (Wildman–Crippen MR) is 125 cm³/mol. The quantitative estimate of drug-likeness (QED) is 0.429. The highest BCUT2D eigenvalue weighted by atomic mass is 32.2. The van der Waals surface area contributed by atoms with E-state index in [2.05, 4.69) is 5.32 Å². The van der Waals surface area contributed by atoms with Crippen molar-refractivity contribution in [2.75, 3.05) is 17.3 Å². The van der Waals surface area contributed by atoms with Crippen LogP contribution in [0.1, 0.15) is 5.56 Å². The normalized spacial score (nSPS) is 17.5. The second kappa shape index (κ2) is 8.89. The lowest BCUT2D eigenvalue weighted by molar-refractivity contribution is -0.121. The highest BCUT2D eigenvalue weighted by Gasteiger charge is 2.44. The first kappa shape index (κ1) is 22.3. The molecular formula is C24H21N3O5S. The summed E-state index contributed by atoms with van der Waals surface area (Å²) in [6.07, 6.45) is 1.62. The molecule has 4 rings (SSSR count). The number of sulfonamides is 1. The second-order valence-corrected chi connectivity index (χ2v) is 8.86. The van der Waals surface area contributed by atoms with Crippen LogP contribution in [0.25, 0.3) is 6.08 Å². The number of para-hydroxylation sites is 2. The van der Waals surface area contributed by atoms with Gasteiger partial charge in [0.05, 0.1) is 23.3 Å². The van der Waals surface area contributed by atoms with Gasteiger partial charge in [0.25, 0.3) is 11.8 Å². The summed E-state index contributed by atoms with van der Waals surface area (Å²) in [5.74, 6) is -0.363. The van der Waals surface area contributed by atoms with Crippen molar-refractivity contribution in [3.8, 4) is 5.75 Å². The Balaban J connectivity index is 1.76. The summed E-state index contributed by atoms with van der Waals surface area (Å²) in [5, 5.41) is 8.20. The van der Waals surface area contributed by atoms with Crippen molar-refractivity contribution >= 4 is 39.3 Å². The fourth-order valence-electron chi connectivity index (χ4n) is 3.58. The molecule has 1 aliphatic heterocycles. The molecule has 3 aromatic carbocycles.